The van der Waals surface area contributed by atoms with Crippen molar-refractivity contribution in [2.45, 2.75) is 0 Å². The van der Waals surface area contributed by atoms with E-state index in [1.165, 1.54) is 11.1 Å². The largest absolute Gasteiger partial charge is 0.455 e. The first-order valence-electron chi connectivity index (χ1n) is 14.4. The van der Waals surface area contributed by atoms with Gasteiger partial charge in [-0.3, -0.25) is 0 Å². The Morgan fingerprint density at radius 2 is 0.884 bits per heavy atom. The minimum atomic E-state index is 0.634. The molecule has 8 aromatic rings. The summed E-state index contributed by atoms with van der Waals surface area (Å²) in [5, 5.41) is 2.14. The van der Waals surface area contributed by atoms with Gasteiger partial charge in [0.1, 0.15) is 11.2 Å². The zero-order valence-corrected chi connectivity index (χ0v) is 23.3. The third-order valence-electron chi connectivity index (χ3n) is 7.94. The minimum absolute atomic E-state index is 0.634. The molecule has 0 aliphatic rings. The molecule has 2 aromatic heterocycles. The van der Waals surface area contributed by atoms with Crippen LogP contribution in [0.25, 0.3) is 78.1 Å². The van der Waals surface area contributed by atoms with Gasteiger partial charge in [0, 0.05) is 21.9 Å². The monoisotopic (exact) mass is 550 g/mol. The van der Waals surface area contributed by atoms with Crippen LogP contribution in [0, 0.1) is 0 Å². The molecule has 0 radical (unpaired) electrons. The van der Waals surface area contributed by atoms with Gasteiger partial charge in [0.05, 0.1) is 17.0 Å². The number of rotatable bonds is 5. The first-order chi connectivity index (χ1) is 21.3. The summed E-state index contributed by atoms with van der Waals surface area (Å²) < 4.78 is 6.60. The Labute approximate surface area is 249 Å². The van der Waals surface area contributed by atoms with E-state index < -0.39 is 0 Å². The van der Waals surface area contributed by atoms with Crippen LogP contribution in [-0.2, 0) is 0 Å². The Hall–Kier alpha value is -5.80. The molecule has 0 amide bonds. The fraction of sp³-hybridized carbons (Fsp3) is 0. The number of aromatic nitrogens is 2. The smallest absolute Gasteiger partial charge is 0.164 e. The van der Waals surface area contributed by atoms with Crippen LogP contribution in [0.15, 0.2) is 162 Å². The topological polar surface area (TPSA) is 38.9 Å². The van der Waals surface area contributed by atoms with Crippen molar-refractivity contribution in [2.24, 2.45) is 0 Å². The predicted molar refractivity (Wildman–Crippen MR) is 176 cm³/mol. The summed E-state index contributed by atoms with van der Waals surface area (Å²) in [6, 6.07) is 54.3. The summed E-state index contributed by atoms with van der Waals surface area (Å²) in [5.41, 5.74) is 11.0. The second-order valence-corrected chi connectivity index (χ2v) is 10.6. The first-order valence-corrected chi connectivity index (χ1v) is 14.4. The maximum absolute atomic E-state index is 6.60. The van der Waals surface area contributed by atoms with E-state index in [-0.39, 0.29) is 0 Å². The van der Waals surface area contributed by atoms with Crippen LogP contribution < -0.4 is 0 Å². The maximum atomic E-state index is 6.60. The lowest BCUT2D eigenvalue weighted by Gasteiger charge is -2.11. The Kier molecular flexibility index (Phi) is 6.12. The number of nitrogens with zero attached hydrogens (tertiary/aromatic N) is 2. The van der Waals surface area contributed by atoms with Crippen LogP contribution in [0.3, 0.4) is 0 Å². The highest BCUT2D eigenvalue weighted by atomic mass is 16.3. The lowest BCUT2D eigenvalue weighted by molar-refractivity contribution is 0.669. The van der Waals surface area contributed by atoms with E-state index in [1.54, 1.807) is 0 Å². The fourth-order valence-corrected chi connectivity index (χ4v) is 5.80. The predicted octanol–water partition coefficient (Wildman–Crippen LogP) is 10.7. The molecule has 0 N–H and O–H groups in total. The van der Waals surface area contributed by atoms with E-state index >= 15 is 0 Å². The lowest BCUT2D eigenvalue weighted by atomic mass is 9.95. The zero-order valence-electron chi connectivity index (χ0n) is 23.3. The van der Waals surface area contributed by atoms with Crippen molar-refractivity contribution in [1.82, 2.24) is 9.97 Å². The van der Waals surface area contributed by atoms with Gasteiger partial charge in [-0.25, -0.2) is 9.97 Å². The van der Waals surface area contributed by atoms with Gasteiger partial charge in [-0.05, 0) is 40.5 Å². The Balaban J connectivity index is 1.34. The molecule has 0 saturated carbocycles. The van der Waals surface area contributed by atoms with Crippen molar-refractivity contribution in [3.8, 4) is 56.2 Å². The van der Waals surface area contributed by atoms with Gasteiger partial charge in [0.2, 0.25) is 0 Å². The van der Waals surface area contributed by atoms with Crippen LogP contribution in [0.2, 0.25) is 0 Å². The second-order valence-electron chi connectivity index (χ2n) is 10.6. The molecule has 8 rings (SSSR count). The molecule has 3 nitrogen and oxygen atoms in total. The van der Waals surface area contributed by atoms with Gasteiger partial charge in [0.15, 0.2) is 5.82 Å². The van der Waals surface area contributed by atoms with Crippen LogP contribution in [0.5, 0.6) is 0 Å². The van der Waals surface area contributed by atoms with Crippen LogP contribution in [-0.4, -0.2) is 9.97 Å². The highest BCUT2D eigenvalue weighted by molar-refractivity contribution is 6.16. The summed E-state index contributed by atoms with van der Waals surface area (Å²) >= 11 is 0. The average Bonchev–Trinajstić information content (AvgIpc) is 3.49. The van der Waals surface area contributed by atoms with E-state index in [2.05, 4.69) is 103 Å². The summed E-state index contributed by atoms with van der Waals surface area (Å²) in [6.07, 6.45) is 0. The summed E-state index contributed by atoms with van der Waals surface area (Å²) in [6.45, 7) is 0. The van der Waals surface area contributed by atoms with Crippen LogP contribution in [0.1, 0.15) is 0 Å². The number of fused-ring (bicyclic) bond motifs is 3. The molecule has 6 aromatic carbocycles. The fourth-order valence-electron chi connectivity index (χ4n) is 5.80. The highest BCUT2D eigenvalue weighted by Crippen LogP contribution is 2.42. The molecule has 0 saturated heterocycles. The third-order valence-corrected chi connectivity index (χ3v) is 7.94. The van der Waals surface area contributed by atoms with E-state index in [4.69, 9.17) is 14.4 Å². The standard InChI is InChI=1S/C40H26N2O/c1-4-12-27(13-5-1)28-20-22-29(23-21-28)32-24-25-34(39-38(32)33-18-10-11-19-37(33)43-39)40-41-35(30-14-6-2-7-15-30)26-36(42-40)31-16-8-3-9-17-31/h1-26H. The third kappa shape index (κ3) is 4.58. The molecule has 0 aliphatic heterocycles. The molecule has 0 atom stereocenters. The molecular weight excluding hydrogens is 524 g/mol. The second kappa shape index (κ2) is 10.6. The van der Waals surface area contributed by atoms with Gasteiger partial charge < -0.3 is 4.42 Å². The number of hydrogen-bond donors (Lipinski definition) is 0. The van der Waals surface area contributed by atoms with Crippen LogP contribution >= 0.6 is 0 Å². The van der Waals surface area contributed by atoms with Gasteiger partial charge in [-0.2, -0.15) is 0 Å². The Morgan fingerprint density at radius 1 is 0.395 bits per heavy atom. The Morgan fingerprint density at radius 3 is 1.51 bits per heavy atom. The van der Waals surface area contributed by atoms with Crippen molar-refractivity contribution >= 4 is 21.9 Å². The molecular formula is C40H26N2O. The molecule has 2 heterocycles. The summed E-state index contributed by atoms with van der Waals surface area (Å²) in [7, 11) is 0. The molecule has 202 valence electrons. The zero-order chi connectivity index (χ0) is 28.6. The van der Waals surface area contributed by atoms with E-state index in [9.17, 15) is 0 Å². The summed E-state index contributed by atoms with van der Waals surface area (Å²) in [5.74, 6) is 0.634. The molecule has 0 spiro atoms. The van der Waals surface area contributed by atoms with Gasteiger partial charge in [-0.15, -0.1) is 0 Å². The molecule has 43 heavy (non-hydrogen) atoms. The number of hydrogen-bond acceptors (Lipinski definition) is 3. The highest BCUT2D eigenvalue weighted by Gasteiger charge is 2.20. The average molecular weight is 551 g/mol. The van der Waals surface area contributed by atoms with E-state index in [0.29, 0.717) is 5.82 Å². The number of para-hydroxylation sites is 1. The Bertz CT molecular complexity index is 2140. The van der Waals surface area contributed by atoms with E-state index in [1.807, 2.05) is 54.6 Å². The van der Waals surface area contributed by atoms with Crippen LogP contribution in [0.4, 0.5) is 0 Å². The van der Waals surface area contributed by atoms with Gasteiger partial charge >= 0.3 is 0 Å². The quantitative estimate of drug-likeness (QED) is 0.214. The van der Waals surface area contributed by atoms with Gasteiger partial charge in [0.25, 0.3) is 0 Å². The summed E-state index contributed by atoms with van der Waals surface area (Å²) in [4.78, 5) is 10.2. The minimum Gasteiger partial charge on any atom is -0.455 e. The van der Waals surface area contributed by atoms with Crippen molar-refractivity contribution < 1.29 is 4.42 Å². The molecule has 0 aliphatic carbocycles. The van der Waals surface area contributed by atoms with Gasteiger partial charge in [-0.1, -0.05) is 140 Å². The lowest BCUT2D eigenvalue weighted by Crippen LogP contribution is -1.96. The molecule has 0 unspecified atom stereocenters. The maximum Gasteiger partial charge on any atom is 0.164 e. The number of benzene rings is 6. The van der Waals surface area contributed by atoms with Crippen molar-refractivity contribution in [3.05, 3.63) is 158 Å². The SMILES string of the molecule is c1ccc(-c2ccc(-c3ccc(-c4nc(-c5ccccc5)cc(-c5ccccc5)n4)c4oc5ccccc5c34)cc2)cc1. The number of furan rings is 1. The van der Waals surface area contributed by atoms with Crippen molar-refractivity contribution in [2.75, 3.05) is 0 Å². The molecule has 0 bridgehead atoms. The van der Waals surface area contributed by atoms with Crippen molar-refractivity contribution in [3.63, 3.8) is 0 Å². The van der Waals surface area contributed by atoms with Crippen molar-refractivity contribution in [1.29, 1.82) is 0 Å². The molecule has 3 heteroatoms. The normalized spacial score (nSPS) is 11.3. The van der Waals surface area contributed by atoms with E-state index in [0.717, 1.165) is 61.1 Å². The first kappa shape index (κ1) is 25.0. The molecule has 0 fully saturated rings.